The standard InChI is InChI=1S/C13H16N4O/c1-8-9(2)16-13(17-12(8)14-3)10-5-6-11(18-4)15-7-10/h5-7H,1-4H3,(H,14,16,17). The van der Waals surface area contributed by atoms with E-state index in [-0.39, 0.29) is 0 Å². The molecule has 0 saturated heterocycles. The van der Waals surface area contributed by atoms with Crippen LogP contribution in [0.1, 0.15) is 11.3 Å². The van der Waals surface area contributed by atoms with Crippen LogP contribution in [0.3, 0.4) is 0 Å². The fourth-order valence-electron chi connectivity index (χ4n) is 1.63. The van der Waals surface area contributed by atoms with Crippen molar-refractivity contribution in [2.45, 2.75) is 13.8 Å². The van der Waals surface area contributed by atoms with Crippen LogP contribution in [0.15, 0.2) is 18.3 Å². The van der Waals surface area contributed by atoms with E-state index >= 15 is 0 Å². The average molecular weight is 244 g/mol. The van der Waals surface area contributed by atoms with Crippen LogP contribution >= 0.6 is 0 Å². The minimum atomic E-state index is 0.580. The Morgan fingerprint density at radius 3 is 2.50 bits per heavy atom. The number of methoxy groups -OCH3 is 1. The Morgan fingerprint density at radius 2 is 1.94 bits per heavy atom. The molecule has 0 bridgehead atoms. The van der Waals surface area contributed by atoms with Crippen molar-refractivity contribution in [3.05, 3.63) is 29.6 Å². The van der Waals surface area contributed by atoms with Gasteiger partial charge in [-0.3, -0.25) is 0 Å². The Kier molecular flexibility index (Phi) is 3.41. The number of rotatable bonds is 3. The van der Waals surface area contributed by atoms with E-state index in [1.165, 1.54) is 0 Å². The van der Waals surface area contributed by atoms with Crippen molar-refractivity contribution in [1.29, 1.82) is 0 Å². The van der Waals surface area contributed by atoms with Crippen molar-refractivity contribution in [3.8, 4) is 17.3 Å². The van der Waals surface area contributed by atoms with Gasteiger partial charge in [0.15, 0.2) is 5.82 Å². The first kappa shape index (κ1) is 12.3. The Balaban J connectivity index is 2.46. The highest BCUT2D eigenvalue weighted by molar-refractivity contribution is 5.59. The quantitative estimate of drug-likeness (QED) is 0.897. The van der Waals surface area contributed by atoms with Gasteiger partial charge >= 0.3 is 0 Å². The van der Waals surface area contributed by atoms with Gasteiger partial charge < -0.3 is 10.1 Å². The molecule has 1 N–H and O–H groups in total. The maximum absolute atomic E-state index is 5.03. The van der Waals surface area contributed by atoms with Crippen LogP contribution in [0.4, 0.5) is 5.82 Å². The molecular weight excluding hydrogens is 228 g/mol. The van der Waals surface area contributed by atoms with Gasteiger partial charge in [0.1, 0.15) is 5.82 Å². The Labute approximate surface area is 106 Å². The third-order valence-corrected chi connectivity index (χ3v) is 2.83. The molecule has 0 aliphatic rings. The third-order valence-electron chi connectivity index (χ3n) is 2.83. The first-order valence-corrected chi connectivity index (χ1v) is 5.69. The fraction of sp³-hybridized carbons (Fsp3) is 0.308. The molecule has 2 aromatic heterocycles. The molecule has 2 heterocycles. The summed E-state index contributed by atoms with van der Waals surface area (Å²) >= 11 is 0. The predicted octanol–water partition coefficient (Wildman–Crippen LogP) is 2.21. The molecule has 0 aromatic carbocycles. The minimum Gasteiger partial charge on any atom is -0.481 e. The maximum Gasteiger partial charge on any atom is 0.212 e. The zero-order valence-electron chi connectivity index (χ0n) is 11.0. The van der Waals surface area contributed by atoms with Gasteiger partial charge in [-0.2, -0.15) is 0 Å². The molecule has 0 fully saturated rings. The summed E-state index contributed by atoms with van der Waals surface area (Å²) in [4.78, 5) is 13.1. The molecule has 2 rings (SSSR count). The number of aromatic nitrogens is 3. The molecule has 94 valence electrons. The molecule has 0 aliphatic carbocycles. The van der Waals surface area contributed by atoms with Crippen LogP contribution in [0, 0.1) is 13.8 Å². The van der Waals surface area contributed by atoms with Gasteiger partial charge in [-0.15, -0.1) is 0 Å². The number of anilines is 1. The molecule has 0 radical (unpaired) electrons. The van der Waals surface area contributed by atoms with Gasteiger partial charge in [-0.05, 0) is 19.9 Å². The number of hydrogen-bond acceptors (Lipinski definition) is 5. The number of pyridine rings is 1. The summed E-state index contributed by atoms with van der Waals surface area (Å²) in [6, 6.07) is 3.70. The molecule has 18 heavy (non-hydrogen) atoms. The van der Waals surface area contributed by atoms with Gasteiger partial charge in [0.2, 0.25) is 5.88 Å². The SMILES string of the molecule is CNc1nc(-c2ccc(OC)nc2)nc(C)c1C. The second-order valence-electron chi connectivity index (χ2n) is 3.95. The topological polar surface area (TPSA) is 59.9 Å². The van der Waals surface area contributed by atoms with Crippen LogP contribution in [0.25, 0.3) is 11.4 Å². The second kappa shape index (κ2) is 5.00. The predicted molar refractivity (Wildman–Crippen MR) is 70.8 cm³/mol. The van der Waals surface area contributed by atoms with Crippen molar-refractivity contribution < 1.29 is 4.74 Å². The molecule has 2 aromatic rings. The van der Waals surface area contributed by atoms with E-state index in [0.29, 0.717) is 11.7 Å². The largest absolute Gasteiger partial charge is 0.481 e. The van der Waals surface area contributed by atoms with Crippen molar-refractivity contribution in [3.63, 3.8) is 0 Å². The van der Waals surface area contributed by atoms with E-state index in [1.54, 1.807) is 19.4 Å². The summed E-state index contributed by atoms with van der Waals surface area (Å²) in [5.41, 5.74) is 2.89. The normalized spacial score (nSPS) is 10.2. The van der Waals surface area contributed by atoms with Crippen LogP contribution in [-0.2, 0) is 0 Å². The first-order chi connectivity index (χ1) is 8.65. The maximum atomic E-state index is 5.03. The lowest BCUT2D eigenvalue weighted by Gasteiger charge is -2.09. The smallest absolute Gasteiger partial charge is 0.212 e. The Hall–Kier alpha value is -2.17. The highest BCUT2D eigenvalue weighted by atomic mass is 16.5. The third kappa shape index (κ3) is 2.25. The van der Waals surface area contributed by atoms with Crippen molar-refractivity contribution in [1.82, 2.24) is 15.0 Å². The number of aryl methyl sites for hydroxylation is 1. The van der Waals surface area contributed by atoms with E-state index in [2.05, 4.69) is 20.3 Å². The first-order valence-electron chi connectivity index (χ1n) is 5.69. The molecule has 0 atom stereocenters. The van der Waals surface area contributed by atoms with Gasteiger partial charge in [0.05, 0.1) is 7.11 Å². The van der Waals surface area contributed by atoms with E-state index in [4.69, 9.17) is 4.74 Å². The highest BCUT2D eigenvalue weighted by Crippen LogP contribution is 2.21. The number of nitrogens with zero attached hydrogens (tertiary/aromatic N) is 3. The summed E-state index contributed by atoms with van der Waals surface area (Å²) in [7, 11) is 3.44. The summed E-state index contributed by atoms with van der Waals surface area (Å²) in [5, 5.41) is 3.07. The summed E-state index contributed by atoms with van der Waals surface area (Å²) in [5.74, 6) is 2.09. The van der Waals surface area contributed by atoms with E-state index in [0.717, 1.165) is 22.6 Å². The Bertz CT molecular complexity index is 552. The molecule has 0 unspecified atom stereocenters. The van der Waals surface area contributed by atoms with Gasteiger partial charge in [-0.25, -0.2) is 15.0 Å². The van der Waals surface area contributed by atoms with E-state index < -0.39 is 0 Å². The highest BCUT2D eigenvalue weighted by Gasteiger charge is 2.09. The van der Waals surface area contributed by atoms with Crippen LogP contribution in [0.5, 0.6) is 5.88 Å². The zero-order chi connectivity index (χ0) is 13.1. The van der Waals surface area contributed by atoms with Crippen molar-refractivity contribution in [2.24, 2.45) is 0 Å². The fourth-order valence-corrected chi connectivity index (χ4v) is 1.63. The summed E-state index contributed by atoms with van der Waals surface area (Å²) in [6.07, 6.45) is 1.71. The molecular formula is C13H16N4O. The van der Waals surface area contributed by atoms with Gasteiger partial charge in [-0.1, -0.05) is 0 Å². The summed E-state index contributed by atoms with van der Waals surface area (Å²) in [6.45, 7) is 3.97. The lowest BCUT2D eigenvalue weighted by molar-refractivity contribution is 0.398. The lowest BCUT2D eigenvalue weighted by atomic mass is 10.2. The zero-order valence-corrected chi connectivity index (χ0v) is 11.0. The lowest BCUT2D eigenvalue weighted by Crippen LogP contribution is -2.02. The summed E-state index contributed by atoms with van der Waals surface area (Å²) < 4.78 is 5.03. The molecule has 0 saturated carbocycles. The Morgan fingerprint density at radius 1 is 1.17 bits per heavy atom. The second-order valence-corrected chi connectivity index (χ2v) is 3.95. The van der Waals surface area contributed by atoms with Gasteiger partial charge in [0, 0.05) is 36.1 Å². The molecule has 0 aliphatic heterocycles. The van der Waals surface area contributed by atoms with Crippen LogP contribution in [0.2, 0.25) is 0 Å². The van der Waals surface area contributed by atoms with Crippen LogP contribution in [-0.4, -0.2) is 29.1 Å². The number of ether oxygens (including phenoxy) is 1. The van der Waals surface area contributed by atoms with Crippen molar-refractivity contribution in [2.75, 3.05) is 19.5 Å². The minimum absolute atomic E-state index is 0.580. The van der Waals surface area contributed by atoms with E-state index in [1.807, 2.05) is 27.0 Å². The monoisotopic (exact) mass is 244 g/mol. The van der Waals surface area contributed by atoms with E-state index in [9.17, 15) is 0 Å². The van der Waals surface area contributed by atoms with Crippen molar-refractivity contribution >= 4 is 5.82 Å². The molecule has 5 nitrogen and oxygen atoms in total. The molecule has 5 heteroatoms. The van der Waals surface area contributed by atoms with Crippen LogP contribution < -0.4 is 10.1 Å². The van der Waals surface area contributed by atoms with Gasteiger partial charge in [0.25, 0.3) is 0 Å². The molecule has 0 spiro atoms. The number of hydrogen-bond donors (Lipinski definition) is 1. The average Bonchev–Trinajstić information content (AvgIpc) is 2.42. The molecule has 0 amide bonds. The number of nitrogens with one attached hydrogen (secondary N) is 1.